The Morgan fingerprint density at radius 2 is 1.76 bits per heavy atom. The molecule has 1 aromatic heterocycles. The lowest BCUT2D eigenvalue weighted by Crippen LogP contribution is -2.43. The molecule has 2 aromatic carbocycles. The van der Waals surface area contributed by atoms with Crippen LogP contribution < -0.4 is 18.7 Å². The molecule has 0 fully saturated rings. The third-order valence-electron chi connectivity index (χ3n) is 6.37. The zero-order valence-electron chi connectivity index (χ0n) is 22.7. The molecule has 0 N–H and O–H groups in total. The first-order chi connectivity index (χ1) is 17.9. The van der Waals surface area contributed by atoms with E-state index >= 15 is 0 Å². The molecule has 1 heterocycles. The number of nitrogens with zero attached hydrogens (tertiary/aromatic N) is 5. The van der Waals surface area contributed by atoms with Gasteiger partial charge in [0.1, 0.15) is 6.54 Å². The van der Waals surface area contributed by atoms with Crippen molar-refractivity contribution in [1.29, 1.82) is 0 Å². The van der Waals surface area contributed by atoms with Crippen LogP contribution in [0, 0.1) is 6.92 Å². The van der Waals surface area contributed by atoms with Gasteiger partial charge in [-0.05, 0) is 44.2 Å². The maximum atomic E-state index is 14.1. The van der Waals surface area contributed by atoms with Crippen LogP contribution in [0.3, 0.4) is 0 Å². The van der Waals surface area contributed by atoms with E-state index in [1.165, 1.54) is 32.4 Å². The number of carbonyl (C=O) groups excluding carboxylic acids is 1. The number of aromatic nitrogens is 2. The number of sulfonamides is 1. The molecule has 3 rings (SSSR count). The van der Waals surface area contributed by atoms with Crippen molar-refractivity contribution in [2.45, 2.75) is 25.3 Å². The highest BCUT2D eigenvalue weighted by Crippen LogP contribution is 2.36. The average molecular weight is 564 g/mol. The molecular formula is C26H34ClN5O5S. The smallest absolute Gasteiger partial charge is 0.264 e. The highest BCUT2D eigenvalue weighted by molar-refractivity contribution is 7.92. The first-order valence-electron chi connectivity index (χ1n) is 11.9. The summed E-state index contributed by atoms with van der Waals surface area (Å²) >= 11 is 6.54. The number of likely N-dealkylation sites (N-methyl/N-ethyl adjacent to an activating group) is 1. The van der Waals surface area contributed by atoms with Crippen LogP contribution in [-0.4, -0.2) is 70.4 Å². The number of carbonyl (C=O) groups is 1. The zero-order chi connectivity index (χ0) is 28.2. The standard InChI is InChI=1S/C26H34ClN5O5S/c1-8-31(16-19-15-28-30(5)18(19)2)26(33)17-32(23-13-20(29(3)4)9-11-22(23)27)38(34,35)21-10-12-24(36-6)25(14-21)37-7/h9-15H,8,16-17H2,1-7H3. The molecule has 0 atom stereocenters. The van der Waals surface area contributed by atoms with Crippen LogP contribution in [0.5, 0.6) is 11.5 Å². The number of benzene rings is 2. The summed E-state index contributed by atoms with van der Waals surface area (Å²) in [4.78, 5) is 17.0. The molecule has 0 radical (unpaired) electrons. The molecule has 10 nitrogen and oxygen atoms in total. The second-order valence-electron chi connectivity index (χ2n) is 8.85. The predicted molar refractivity (Wildman–Crippen MR) is 149 cm³/mol. The SMILES string of the molecule is CCN(Cc1cnn(C)c1C)C(=O)CN(c1cc(N(C)C)ccc1Cl)S(=O)(=O)c1ccc(OC)c(OC)c1. The fraction of sp³-hybridized carbons (Fsp3) is 0.385. The summed E-state index contributed by atoms with van der Waals surface area (Å²) in [6.07, 6.45) is 1.71. The van der Waals surface area contributed by atoms with E-state index in [4.69, 9.17) is 21.1 Å². The van der Waals surface area contributed by atoms with E-state index in [-0.39, 0.29) is 27.3 Å². The maximum Gasteiger partial charge on any atom is 0.264 e. The van der Waals surface area contributed by atoms with Crippen molar-refractivity contribution in [3.8, 4) is 11.5 Å². The Kier molecular flexibility index (Phi) is 9.16. The minimum Gasteiger partial charge on any atom is -0.493 e. The Morgan fingerprint density at radius 3 is 2.32 bits per heavy atom. The van der Waals surface area contributed by atoms with E-state index in [9.17, 15) is 13.2 Å². The van der Waals surface area contributed by atoms with Crippen molar-refractivity contribution < 1.29 is 22.7 Å². The number of ether oxygens (including phenoxy) is 2. The first kappa shape index (κ1) is 29.1. The summed E-state index contributed by atoms with van der Waals surface area (Å²) in [5, 5.41) is 4.44. The van der Waals surface area contributed by atoms with Crippen LogP contribution in [0.15, 0.2) is 47.5 Å². The highest BCUT2D eigenvalue weighted by atomic mass is 35.5. The summed E-state index contributed by atoms with van der Waals surface area (Å²) < 4.78 is 41.5. The van der Waals surface area contributed by atoms with Crippen LogP contribution in [0.2, 0.25) is 5.02 Å². The molecule has 0 aliphatic carbocycles. The van der Waals surface area contributed by atoms with E-state index in [2.05, 4.69) is 5.10 Å². The van der Waals surface area contributed by atoms with Gasteiger partial charge in [-0.1, -0.05) is 11.6 Å². The highest BCUT2D eigenvalue weighted by Gasteiger charge is 2.31. The van der Waals surface area contributed by atoms with Crippen molar-refractivity contribution in [2.75, 3.05) is 50.6 Å². The van der Waals surface area contributed by atoms with Gasteiger partial charge < -0.3 is 19.3 Å². The Morgan fingerprint density at radius 1 is 1.08 bits per heavy atom. The van der Waals surface area contributed by atoms with Crippen molar-refractivity contribution in [3.05, 3.63) is 58.9 Å². The number of hydrogen-bond donors (Lipinski definition) is 0. The third kappa shape index (κ3) is 5.99. The van der Waals surface area contributed by atoms with Gasteiger partial charge in [0.05, 0.1) is 36.0 Å². The van der Waals surface area contributed by atoms with Gasteiger partial charge in [0.15, 0.2) is 11.5 Å². The number of hydrogen-bond acceptors (Lipinski definition) is 7. The van der Waals surface area contributed by atoms with E-state index in [1.807, 2.05) is 39.9 Å². The molecule has 0 aliphatic rings. The predicted octanol–water partition coefficient (Wildman–Crippen LogP) is 3.71. The first-order valence-corrected chi connectivity index (χ1v) is 13.7. The molecule has 0 spiro atoms. The van der Waals surface area contributed by atoms with Crippen molar-refractivity contribution in [2.24, 2.45) is 7.05 Å². The van der Waals surface area contributed by atoms with E-state index in [0.29, 0.717) is 18.8 Å². The fourth-order valence-electron chi connectivity index (χ4n) is 3.88. The number of halogens is 1. The minimum atomic E-state index is -4.26. The summed E-state index contributed by atoms with van der Waals surface area (Å²) in [6, 6.07) is 9.33. The molecule has 12 heteroatoms. The molecule has 0 saturated carbocycles. The number of anilines is 2. The van der Waals surface area contributed by atoms with Crippen LogP contribution >= 0.6 is 11.6 Å². The van der Waals surface area contributed by atoms with Crippen molar-refractivity contribution >= 4 is 38.9 Å². The number of amides is 1. The van der Waals surface area contributed by atoms with Gasteiger partial charge >= 0.3 is 0 Å². The lowest BCUT2D eigenvalue weighted by molar-refractivity contribution is -0.129. The largest absolute Gasteiger partial charge is 0.493 e. The molecule has 38 heavy (non-hydrogen) atoms. The summed E-state index contributed by atoms with van der Waals surface area (Å²) in [5.41, 5.74) is 2.72. The molecule has 1 amide bonds. The molecule has 3 aromatic rings. The van der Waals surface area contributed by atoms with Gasteiger partial charge in [-0.2, -0.15) is 5.10 Å². The second kappa shape index (κ2) is 12.0. The monoisotopic (exact) mass is 563 g/mol. The van der Waals surface area contributed by atoms with Crippen LogP contribution in [0.1, 0.15) is 18.2 Å². The van der Waals surface area contributed by atoms with Crippen molar-refractivity contribution in [1.82, 2.24) is 14.7 Å². The van der Waals surface area contributed by atoms with Gasteiger partial charge in [-0.25, -0.2) is 8.42 Å². The molecule has 0 bridgehead atoms. The van der Waals surface area contributed by atoms with Crippen LogP contribution in [0.25, 0.3) is 0 Å². The Labute approximate surface area is 229 Å². The van der Waals surface area contributed by atoms with Gasteiger partial charge in [0.25, 0.3) is 10.0 Å². The number of methoxy groups -OCH3 is 2. The molecule has 0 aliphatic heterocycles. The minimum absolute atomic E-state index is 0.0691. The third-order valence-corrected chi connectivity index (χ3v) is 8.44. The van der Waals surface area contributed by atoms with Crippen molar-refractivity contribution in [3.63, 3.8) is 0 Å². The van der Waals surface area contributed by atoms with E-state index < -0.39 is 16.6 Å². The van der Waals surface area contributed by atoms with Gasteiger partial charge in [-0.15, -0.1) is 0 Å². The zero-order valence-corrected chi connectivity index (χ0v) is 24.3. The van der Waals surface area contributed by atoms with Gasteiger partial charge in [0, 0.05) is 57.2 Å². The van der Waals surface area contributed by atoms with Gasteiger partial charge in [-0.3, -0.25) is 13.8 Å². The molecule has 206 valence electrons. The molecule has 0 unspecified atom stereocenters. The number of aryl methyl sites for hydroxylation is 1. The fourth-order valence-corrected chi connectivity index (χ4v) is 5.59. The van der Waals surface area contributed by atoms with E-state index in [0.717, 1.165) is 21.2 Å². The summed E-state index contributed by atoms with van der Waals surface area (Å²) in [7, 11) is 4.12. The summed E-state index contributed by atoms with van der Waals surface area (Å²) in [5.74, 6) is 0.243. The van der Waals surface area contributed by atoms with Crippen LogP contribution in [0.4, 0.5) is 11.4 Å². The second-order valence-corrected chi connectivity index (χ2v) is 11.1. The summed E-state index contributed by atoms with van der Waals surface area (Å²) in [6.45, 7) is 3.98. The number of rotatable bonds is 11. The lowest BCUT2D eigenvalue weighted by Gasteiger charge is -2.29. The Hall–Kier alpha value is -3.44. The van der Waals surface area contributed by atoms with Gasteiger partial charge in [0.2, 0.25) is 5.91 Å². The average Bonchev–Trinajstić information content (AvgIpc) is 3.21. The lowest BCUT2D eigenvalue weighted by atomic mass is 10.2. The van der Waals surface area contributed by atoms with Crippen LogP contribution in [-0.2, 0) is 28.4 Å². The molecule has 0 saturated heterocycles. The topological polar surface area (TPSA) is 97.2 Å². The quantitative estimate of drug-likeness (QED) is 0.351. The Balaban J connectivity index is 2.09. The van der Waals surface area contributed by atoms with E-state index in [1.54, 1.807) is 34.0 Å². The normalized spacial score (nSPS) is 11.3. The molecular weight excluding hydrogens is 530 g/mol. The Bertz CT molecular complexity index is 1410. The maximum absolute atomic E-state index is 14.1.